The normalized spacial score (nSPS) is 24.6. The van der Waals surface area contributed by atoms with Gasteiger partial charge in [0.25, 0.3) is 5.91 Å². The molecule has 4 nitrogen and oxygen atoms in total. The van der Waals surface area contributed by atoms with Gasteiger partial charge in [-0.3, -0.25) is 4.79 Å². The minimum absolute atomic E-state index is 0.0790. The van der Waals surface area contributed by atoms with Crippen LogP contribution in [0.25, 0.3) is 0 Å². The Bertz CT molecular complexity index is 384. The van der Waals surface area contributed by atoms with E-state index in [9.17, 15) is 4.79 Å². The summed E-state index contributed by atoms with van der Waals surface area (Å²) < 4.78 is 4.87. The van der Waals surface area contributed by atoms with Gasteiger partial charge in [-0.05, 0) is 38.5 Å². The van der Waals surface area contributed by atoms with Crippen LogP contribution in [0.5, 0.6) is 0 Å². The lowest BCUT2D eigenvalue weighted by atomic mass is 9.89. The highest BCUT2D eigenvalue weighted by Crippen LogP contribution is 2.28. The molecule has 0 aromatic carbocycles. The van der Waals surface area contributed by atoms with E-state index in [2.05, 4.69) is 26.4 Å². The van der Waals surface area contributed by atoms with Gasteiger partial charge in [-0.2, -0.15) is 0 Å². The first-order chi connectivity index (χ1) is 8.16. The quantitative estimate of drug-likeness (QED) is 0.873. The molecule has 1 aliphatic carbocycles. The topological polar surface area (TPSA) is 55.1 Å². The Kier molecular flexibility index (Phi) is 4.20. The Morgan fingerprint density at radius 2 is 2.24 bits per heavy atom. The fourth-order valence-electron chi connectivity index (χ4n) is 2.17. The zero-order valence-electron chi connectivity index (χ0n) is 9.91. The number of hydrogen-bond acceptors (Lipinski definition) is 3. The molecule has 1 aliphatic rings. The number of halogens is 1. The van der Waals surface area contributed by atoms with Crippen molar-refractivity contribution in [3.8, 4) is 0 Å². The molecular formula is C12H17BrN2O2. The van der Waals surface area contributed by atoms with E-state index >= 15 is 0 Å². The van der Waals surface area contributed by atoms with Crippen molar-refractivity contribution >= 4 is 21.8 Å². The van der Waals surface area contributed by atoms with Gasteiger partial charge in [0.1, 0.15) is 11.3 Å². The van der Waals surface area contributed by atoms with Crippen molar-refractivity contribution in [3.63, 3.8) is 0 Å². The molecule has 0 radical (unpaired) electrons. The van der Waals surface area contributed by atoms with Gasteiger partial charge in [0, 0.05) is 11.4 Å². The fourth-order valence-corrected chi connectivity index (χ4v) is 2.70. The van der Waals surface area contributed by atoms with Gasteiger partial charge in [0.15, 0.2) is 0 Å². The number of nitrogens with zero attached hydrogens (tertiary/aromatic N) is 1. The monoisotopic (exact) mass is 300 g/mol. The van der Waals surface area contributed by atoms with E-state index in [1.165, 1.54) is 31.9 Å². The highest BCUT2D eigenvalue weighted by atomic mass is 79.9. The van der Waals surface area contributed by atoms with Crippen molar-refractivity contribution in [1.82, 2.24) is 10.5 Å². The van der Waals surface area contributed by atoms with E-state index in [0.29, 0.717) is 22.1 Å². The first-order valence-corrected chi connectivity index (χ1v) is 6.92. The van der Waals surface area contributed by atoms with Crippen LogP contribution in [0.3, 0.4) is 0 Å². The van der Waals surface area contributed by atoms with Crippen LogP contribution >= 0.6 is 15.9 Å². The van der Waals surface area contributed by atoms with Crippen LogP contribution in [0, 0.1) is 12.8 Å². The SMILES string of the molecule is Cc1oncc1C(=O)NCC1CCC(Br)CC1. The maximum absolute atomic E-state index is 11.8. The van der Waals surface area contributed by atoms with E-state index < -0.39 is 0 Å². The number of nitrogens with one attached hydrogen (secondary N) is 1. The number of amides is 1. The second-order valence-electron chi connectivity index (χ2n) is 4.62. The predicted octanol–water partition coefficient (Wildman–Crippen LogP) is 2.67. The molecule has 0 atom stereocenters. The van der Waals surface area contributed by atoms with Gasteiger partial charge in [0.05, 0.1) is 6.20 Å². The van der Waals surface area contributed by atoms with Gasteiger partial charge >= 0.3 is 0 Å². The molecule has 1 aromatic rings. The Morgan fingerprint density at radius 1 is 1.53 bits per heavy atom. The Labute approximate surface area is 109 Å². The summed E-state index contributed by atoms with van der Waals surface area (Å²) in [6.07, 6.45) is 6.23. The second kappa shape index (κ2) is 5.67. The number of alkyl halides is 1. The molecule has 1 N–H and O–H groups in total. The molecule has 1 heterocycles. The van der Waals surface area contributed by atoms with Crippen molar-refractivity contribution in [2.24, 2.45) is 5.92 Å². The van der Waals surface area contributed by atoms with E-state index in [4.69, 9.17) is 4.52 Å². The summed E-state index contributed by atoms with van der Waals surface area (Å²) in [4.78, 5) is 12.5. The second-order valence-corrected chi connectivity index (χ2v) is 5.92. The van der Waals surface area contributed by atoms with Crippen molar-refractivity contribution in [2.75, 3.05) is 6.54 Å². The minimum Gasteiger partial charge on any atom is -0.361 e. The van der Waals surface area contributed by atoms with Gasteiger partial charge < -0.3 is 9.84 Å². The molecule has 0 saturated heterocycles. The number of aromatic nitrogens is 1. The molecule has 0 unspecified atom stereocenters. The van der Waals surface area contributed by atoms with Gasteiger partial charge in [-0.25, -0.2) is 0 Å². The molecule has 17 heavy (non-hydrogen) atoms. The highest BCUT2D eigenvalue weighted by Gasteiger charge is 2.20. The van der Waals surface area contributed by atoms with Crippen LogP contribution in [0.2, 0.25) is 0 Å². The van der Waals surface area contributed by atoms with E-state index in [1.807, 2.05) is 0 Å². The standard InChI is InChI=1S/C12H17BrN2O2/c1-8-11(7-15-17-8)12(16)14-6-9-2-4-10(13)5-3-9/h7,9-10H,2-6H2,1H3,(H,14,16). The van der Waals surface area contributed by atoms with Crippen LogP contribution in [0.1, 0.15) is 41.8 Å². The summed E-state index contributed by atoms with van der Waals surface area (Å²) in [7, 11) is 0. The molecule has 1 saturated carbocycles. The zero-order valence-corrected chi connectivity index (χ0v) is 11.5. The molecule has 1 fully saturated rings. The summed E-state index contributed by atoms with van der Waals surface area (Å²) in [6, 6.07) is 0. The number of hydrogen-bond donors (Lipinski definition) is 1. The lowest BCUT2D eigenvalue weighted by Crippen LogP contribution is -2.31. The van der Waals surface area contributed by atoms with Crippen LogP contribution in [-0.4, -0.2) is 22.4 Å². The van der Waals surface area contributed by atoms with E-state index in [0.717, 1.165) is 6.54 Å². The summed E-state index contributed by atoms with van der Waals surface area (Å²) in [5.74, 6) is 1.10. The smallest absolute Gasteiger partial charge is 0.256 e. The lowest BCUT2D eigenvalue weighted by Gasteiger charge is -2.25. The van der Waals surface area contributed by atoms with Crippen molar-refractivity contribution in [3.05, 3.63) is 17.5 Å². The molecule has 94 valence electrons. The zero-order chi connectivity index (χ0) is 12.3. The van der Waals surface area contributed by atoms with Crippen molar-refractivity contribution in [1.29, 1.82) is 0 Å². The largest absolute Gasteiger partial charge is 0.361 e. The van der Waals surface area contributed by atoms with E-state index in [-0.39, 0.29) is 5.91 Å². The highest BCUT2D eigenvalue weighted by molar-refractivity contribution is 9.09. The summed E-state index contributed by atoms with van der Waals surface area (Å²) in [6.45, 7) is 2.50. The molecule has 1 amide bonds. The third-order valence-electron chi connectivity index (χ3n) is 3.32. The first-order valence-electron chi connectivity index (χ1n) is 6.00. The molecular weight excluding hydrogens is 284 g/mol. The third-order valence-corrected chi connectivity index (χ3v) is 4.24. The van der Waals surface area contributed by atoms with Crippen molar-refractivity contribution in [2.45, 2.75) is 37.4 Å². The molecule has 1 aromatic heterocycles. The molecule has 0 aliphatic heterocycles. The Morgan fingerprint density at radius 3 is 2.82 bits per heavy atom. The summed E-state index contributed by atoms with van der Waals surface area (Å²) >= 11 is 3.63. The minimum atomic E-state index is -0.0790. The van der Waals surface area contributed by atoms with Crippen LogP contribution in [0.4, 0.5) is 0 Å². The van der Waals surface area contributed by atoms with Crippen molar-refractivity contribution < 1.29 is 9.32 Å². The maximum Gasteiger partial charge on any atom is 0.256 e. The lowest BCUT2D eigenvalue weighted by molar-refractivity contribution is 0.0942. The van der Waals surface area contributed by atoms with Gasteiger partial charge in [-0.1, -0.05) is 21.1 Å². The Hall–Kier alpha value is -0.840. The van der Waals surface area contributed by atoms with Crippen LogP contribution in [0.15, 0.2) is 10.7 Å². The van der Waals surface area contributed by atoms with Gasteiger partial charge in [0.2, 0.25) is 0 Å². The summed E-state index contributed by atoms with van der Waals surface area (Å²) in [5.41, 5.74) is 0.541. The molecule has 2 rings (SSSR count). The van der Waals surface area contributed by atoms with Gasteiger partial charge in [-0.15, -0.1) is 0 Å². The summed E-state index contributed by atoms with van der Waals surface area (Å²) in [5, 5.41) is 6.56. The number of carbonyl (C=O) groups is 1. The average Bonchev–Trinajstić information content (AvgIpc) is 2.74. The number of aryl methyl sites for hydroxylation is 1. The van der Waals surface area contributed by atoms with Crippen LogP contribution < -0.4 is 5.32 Å². The molecule has 5 heteroatoms. The van der Waals surface area contributed by atoms with E-state index in [1.54, 1.807) is 6.92 Å². The Balaban J connectivity index is 1.79. The average molecular weight is 301 g/mol. The van der Waals surface area contributed by atoms with Crippen LogP contribution in [-0.2, 0) is 0 Å². The number of carbonyl (C=O) groups excluding carboxylic acids is 1. The fraction of sp³-hybridized carbons (Fsp3) is 0.667. The number of rotatable bonds is 3. The molecule has 0 spiro atoms. The predicted molar refractivity (Wildman–Crippen MR) is 68.2 cm³/mol. The third kappa shape index (κ3) is 3.31. The first kappa shape index (κ1) is 12.6. The molecule has 0 bridgehead atoms. The maximum atomic E-state index is 11.8.